The normalized spacial score (nSPS) is 10.7. The van der Waals surface area contributed by atoms with E-state index in [1.807, 2.05) is 0 Å². The van der Waals surface area contributed by atoms with Gasteiger partial charge < -0.3 is 15.8 Å². The van der Waals surface area contributed by atoms with Crippen LogP contribution >= 0.6 is 11.5 Å². The zero-order valence-electron chi connectivity index (χ0n) is 14.8. The topological polar surface area (TPSA) is 90.1 Å². The average Bonchev–Trinajstić information content (AvgIpc) is 3.12. The standard InChI is InChI=1S/C19H18F2N4O2S/c20-12-5-3-6-13(21)17(12)14-7-4-8-15(24-14)18(26)25-16-11-23-28-19(16)27-10-2-1-9-22/h3-8,11H,1-2,9-10,22H2,(H,25,26). The molecule has 2 heterocycles. The molecule has 0 aliphatic carbocycles. The van der Waals surface area contributed by atoms with Crippen LogP contribution in [0.3, 0.4) is 0 Å². The molecule has 3 rings (SSSR count). The number of hydrogen-bond donors (Lipinski definition) is 2. The van der Waals surface area contributed by atoms with Gasteiger partial charge in [-0.1, -0.05) is 12.1 Å². The van der Waals surface area contributed by atoms with E-state index in [4.69, 9.17) is 10.5 Å². The van der Waals surface area contributed by atoms with Crippen LogP contribution in [0.5, 0.6) is 5.06 Å². The zero-order valence-corrected chi connectivity index (χ0v) is 15.6. The lowest BCUT2D eigenvalue weighted by Crippen LogP contribution is -2.14. The van der Waals surface area contributed by atoms with Crippen LogP contribution in [0.1, 0.15) is 23.3 Å². The van der Waals surface area contributed by atoms with Crippen molar-refractivity contribution in [3.63, 3.8) is 0 Å². The number of hydrogen-bond acceptors (Lipinski definition) is 6. The summed E-state index contributed by atoms with van der Waals surface area (Å²) in [6.45, 7) is 1.04. The molecule has 1 amide bonds. The Bertz CT molecular complexity index is 944. The number of rotatable bonds is 8. The molecule has 28 heavy (non-hydrogen) atoms. The van der Waals surface area contributed by atoms with Gasteiger partial charge in [-0.25, -0.2) is 13.8 Å². The van der Waals surface area contributed by atoms with Crippen LogP contribution in [0.15, 0.2) is 42.6 Å². The Labute approximate surface area is 164 Å². The van der Waals surface area contributed by atoms with E-state index in [9.17, 15) is 13.6 Å². The first kappa shape index (κ1) is 19.8. The molecular formula is C19H18F2N4O2S. The van der Waals surface area contributed by atoms with Crippen LogP contribution in [-0.4, -0.2) is 28.4 Å². The number of halogens is 2. The minimum Gasteiger partial charge on any atom is -0.481 e. The summed E-state index contributed by atoms with van der Waals surface area (Å²) in [7, 11) is 0. The summed E-state index contributed by atoms with van der Waals surface area (Å²) in [5.74, 6) is -2.04. The van der Waals surface area contributed by atoms with E-state index >= 15 is 0 Å². The van der Waals surface area contributed by atoms with Crippen LogP contribution in [0.25, 0.3) is 11.3 Å². The van der Waals surface area contributed by atoms with Crippen molar-refractivity contribution in [2.75, 3.05) is 18.5 Å². The number of pyridine rings is 1. The van der Waals surface area contributed by atoms with Crippen LogP contribution in [0.4, 0.5) is 14.5 Å². The van der Waals surface area contributed by atoms with E-state index in [1.54, 1.807) is 0 Å². The first-order valence-electron chi connectivity index (χ1n) is 8.60. The Kier molecular flexibility index (Phi) is 6.62. The van der Waals surface area contributed by atoms with Crippen LogP contribution < -0.4 is 15.8 Å². The second-order valence-electron chi connectivity index (χ2n) is 5.83. The maximum absolute atomic E-state index is 14.0. The fourth-order valence-electron chi connectivity index (χ4n) is 2.46. The van der Waals surface area contributed by atoms with Gasteiger partial charge in [-0.05, 0) is 43.7 Å². The van der Waals surface area contributed by atoms with Crippen molar-refractivity contribution >= 4 is 23.1 Å². The molecular weight excluding hydrogens is 386 g/mol. The summed E-state index contributed by atoms with van der Waals surface area (Å²) in [6, 6.07) is 7.95. The third-order valence-electron chi connectivity index (χ3n) is 3.82. The molecule has 0 atom stereocenters. The number of aromatic nitrogens is 2. The van der Waals surface area contributed by atoms with Crippen molar-refractivity contribution in [2.45, 2.75) is 12.8 Å². The molecule has 0 unspecified atom stereocenters. The van der Waals surface area contributed by atoms with Gasteiger partial charge in [-0.3, -0.25) is 4.79 Å². The molecule has 0 saturated heterocycles. The molecule has 6 nitrogen and oxygen atoms in total. The molecule has 9 heteroatoms. The molecule has 0 bridgehead atoms. The second-order valence-corrected chi connectivity index (χ2v) is 6.59. The number of amides is 1. The fraction of sp³-hybridized carbons (Fsp3) is 0.211. The lowest BCUT2D eigenvalue weighted by atomic mass is 10.1. The highest BCUT2D eigenvalue weighted by atomic mass is 32.1. The number of ether oxygens (including phenoxy) is 1. The first-order valence-corrected chi connectivity index (χ1v) is 9.38. The van der Waals surface area contributed by atoms with Crippen molar-refractivity contribution in [3.8, 4) is 16.3 Å². The second kappa shape index (κ2) is 9.34. The van der Waals surface area contributed by atoms with Gasteiger partial charge in [0.15, 0.2) is 0 Å². The predicted molar refractivity (Wildman–Crippen MR) is 103 cm³/mol. The van der Waals surface area contributed by atoms with Gasteiger partial charge in [0.1, 0.15) is 23.0 Å². The number of anilines is 1. The van der Waals surface area contributed by atoms with E-state index in [2.05, 4.69) is 14.7 Å². The smallest absolute Gasteiger partial charge is 0.274 e. The molecule has 0 fully saturated rings. The third-order valence-corrected chi connectivity index (χ3v) is 4.53. The van der Waals surface area contributed by atoms with Crippen LogP contribution in [-0.2, 0) is 0 Å². The predicted octanol–water partition coefficient (Wildman–Crippen LogP) is 3.85. The van der Waals surface area contributed by atoms with Gasteiger partial charge in [0.25, 0.3) is 5.91 Å². The maximum atomic E-state index is 14.0. The molecule has 0 aliphatic rings. The number of carbonyl (C=O) groups excluding carboxylic acids is 1. The lowest BCUT2D eigenvalue weighted by molar-refractivity contribution is 0.102. The van der Waals surface area contributed by atoms with Crippen LogP contribution in [0, 0.1) is 11.6 Å². The number of unbranched alkanes of at least 4 members (excludes halogenated alkanes) is 1. The quantitative estimate of drug-likeness (QED) is 0.557. The molecule has 2 aromatic heterocycles. The van der Waals surface area contributed by atoms with Gasteiger partial charge in [-0.15, -0.1) is 0 Å². The summed E-state index contributed by atoms with van der Waals surface area (Å²) >= 11 is 1.11. The van der Waals surface area contributed by atoms with Crippen molar-refractivity contribution in [1.82, 2.24) is 9.36 Å². The van der Waals surface area contributed by atoms with E-state index in [-0.39, 0.29) is 17.0 Å². The van der Waals surface area contributed by atoms with Gasteiger partial charge >= 0.3 is 0 Å². The van der Waals surface area contributed by atoms with E-state index in [0.717, 1.165) is 36.5 Å². The third kappa shape index (κ3) is 4.68. The minimum atomic E-state index is -0.750. The molecule has 0 spiro atoms. The highest BCUT2D eigenvalue weighted by Gasteiger charge is 2.17. The Morgan fingerprint density at radius 3 is 2.64 bits per heavy atom. The number of nitrogens with zero attached hydrogens (tertiary/aromatic N) is 2. The van der Waals surface area contributed by atoms with E-state index < -0.39 is 17.5 Å². The SMILES string of the molecule is NCCCCOc1sncc1NC(=O)c1cccc(-c2c(F)cccc2F)n1. The summed E-state index contributed by atoms with van der Waals surface area (Å²) in [4.78, 5) is 16.6. The zero-order chi connectivity index (χ0) is 19.9. The number of carbonyl (C=O) groups is 1. The largest absolute Gasteiger partial charge is 0.481 e. The maximum Gasteiger partial charge on any atom is 0.274 e. The Morgan fingerprint density at radius 2 is 1.89 bits per heavy atom. The molecule has 3 N–H and O–H groups in total. The fourth-order valence-corrected chi connectivity index (χ4v) is 3.05. The minimum absolute atomic E-state index is 0.0143. The van der Waals surface area contributed by atoms with E-state index in [0.29, 0.717) is 23.9 Å². The molecule has 3 aromatic rings. The average molecular weight is 404 g/mol. The summed E-state index contributed by atoms with van der Waals surface area (Å²) < 4.78 is 37.6. The number of nitrogens with two attached hydrogens (primary N) is 1. The highest BCUT2D eigenvalue weighted by molar-refractivity contribution is 7.08. The van der Waals surface area contributed by atoms with Crippen molar-refractivity contribution in [2.24, 2.45) is 5.73 Å². The summed E-state index contributed by atoms with van der Waals surface area (Å²) in [5, 5.41) is 3.14. The monoisotopic (exact) mass is 404 g/mol. The van der Waals surface area contributed by atoms with Crippen molar-refractivity contribution in [3.05, 3.63) is 59.9 Å². The molecule has 146 valence electrons. The lowest BCUT2D eigenvalue weighted by Gasteiger charge is -2.09. The van der Waals surface area contributed by atoms with Crippen molar-refractivity contribution in [1.29, 1.82) is 0 Å². The first-order chi connectivity index (χ1) is 13.6. The van der Waals surface area contributed by atoms with Gasteiger partial charge in [-0.2, -0.15) is 4.37 Å². The molecule has 0 aliphatic heterocycles. The van der Waals surface area contributed by atoms with Gasteiger partial charge in [0.05, 0.1) is 24.1 Å². The van der Waals surface area contributed by atoms with Crippen LogP contribution in [0.2, 0.25) is 0 Å². The molecule has 1 aromatic carbocycles. The summed E-state index contributed by atoms with van der Waals surface area (Å²) in [6.07, 6.45) is 3.10. The van der Waals surface area contributed by atoms with E-state index in [1.165, 1.54) is 30.5 Å². The van der Waals surface area contributed by atoms with Gasteiger partial charge in [0, 0.05) is 11.5 Å². The number of benzene rings is 1. The molecule has 0 saturated carbocycles. The Hall–Kier alpha value is -2.91. The molecule has 0 radical (unpaired) electrons. The van der Waals surface area contributed by atoms with Crippen molar-refractivity contribution < 1.29 is 18.3 Å². The number of nitrogens with one attached hydrogen (secondary N) is 1. The highest BCUT2D eigenvalue weighted by Crippen LogP contribution is 2.30. The van der Waals surface area contributed by atoms with Gasteiger partial charge in [0.2, 0.25) is 5.06 Å². The Balaban J connectivity index is 1.75. The summed E-state index contributed by atoms with van der Waals surface area (Å²) in [5.41, 5.74) is 5.62. The Morgan fingerprint density at radius 1 is 1.14 bits per heavy atom.